The molecule has 102 valence electrons. The second-order valence-corrected chi connectivity index (χ2v) is 5.31. The lowest BCUT2D eigenvalue weighted by Gasteiger charge is -2.12. The van der Waals surface area contributed by atoms with Crippen LogP contribution < -0.4 is 15.2 Å². The molecule has 1 aromatic carbocycles. The van der Waals surface area contributed by atoms with Crippen LogP contribution in [0.3, 0.4) is 0 Å². The molecule has 3 N–H and O–H groups in total. The summed E-state index contributed by atoms with van der Waals surface area (Å²) in [5.41, 5.74) is 5.94. The number of rotatable bonds is 7. The first-order chi connectivity index (χ1) is 8.51. The number of nitrogens with two attached hydrogens (primary N) is 1. The van der Waals surface area contributed by atoms with Gasteiger partial charge in [-0.3, -0.25) is 0 Å². The van der Waals surface area contributed by atoms with Crippen LogP contribution in [0.5, 0.6) is 5.75 Å². The quantitative estimate of drug-likeness (QED) is 0.561. The first-order valence-corrected chi connectivity index (χ1v) is 7.03. The summed E-state index contributed by atoms with van der Waals surface area (Å²) in [6, 6.07) is 4.48. The minimum absolute atomic E-state index is 0.0292. The largest absolute Gasteiger partial charge is 0.490 e. The molecule has 1 rings (SSSR count). The maximum Gasteiger partial charge on any atom is 0.244 e. The zero-order valence-corrected chi connectivity index (χ0v) is 11.3. The van der Waals surface area contributed by atoms with Crippen LogP contribution in [0, 0.1) is 0 Å². The summed E-state index contributed by atoms with van der Waals surface area (Å²) in [5, 5.41) is 0. The third-order valence-corrected chi connectivity index (χ3v) is 3.65. The molecule has 0 radical (unpaired) electrons. The van der Waals surface area contributed by atoms with Gasteiger partial charge in [0.15, 0.2) is 0 Å². The van der Waals surface area contributed by atoms with Gasteiger partial charge in [0, 0.05) is 12.3 Å². The molecule has 0 aliphatic rings. The highest BCUT2D eigenvalue weighted by molar-refractivity contribution is 7.89. The summed E-state index contributed by atoms with van der Waals surface area (Å²) in [5.74, 6) is 0.262. The molecule has 0 unspecified atom stereocenters. The van der Waals surface area contributed by atoms with Gasteiger partial charge in [0.05, 0.1) is 6.61 Å². The highest BCUT2D eigenvalue weighted by Crippen LogP contribution is 2.25. The molecule has 0 aliphatic heterocycles. The second-order valence-electron chi connectivity index (χ2n) is 3.46. The number of nitrogens with one attached hydrogen (secondary N) is 1. The van der Waals surface area contributed by atoms with Crippen LogP contribution in [-0.4, -0.2) is 35.3 Å². The summed E-state index contributed by atoms with van der Waals surface area (Å²) in [7, 11) is -2.25. The van der Waals surface area contributed by atoms with Crippen molar-refractivity contribution < 1.29 is 17.9 Å². The van der Waals surface area contributed by atoms with E-state index in [1.807, 2.05) is 6.92 Å². The second kappa shape index (κ2) is 6.58. The van der Waals surface area contributed by atoms with E-state index >= 15 is 0 Å². The van der Waals surface area contributed by atoms with E-state index in [2.05, 4.69) is 4.72 Å². The van der Waals surface area contributed by atoms with E-state index in [1.54, 1.807) is 6.07 Å². The Morgan fingerprint density at radius 1 is 1.33 bits per heavy atom. The lowest BCUT2D eigenvalue weighted by molar-refractivity contribution is 0.109. The number of ether oxygens (including phenoxy) is 2. The third kappa shape index (κ3) is 3.86. The normalized spacial score (nSPS) is 11.4. The Labute approximate surface area is 107 Å². The fourth-order valence-corrected chi connectivity index (χ4v) is 2.22. The van der Waals surface area contributed by atoms with Crippen LogP contribution in [0.4, 0.5) is 5.69 Å². The lowest BCUT2D eigenvalue weighted by atomic mass is 10.3. The summed E-state index contributed by atoms with van der Waals surface area (Å²) in [6.45, 7) is 3.15. The number of sulfonamides is 1. The Morgan fingerprint density at radius 2 is 2.06 bits per heavy atom. The van der Waals surface area contributed by atoms with Crippen molar-refractivity contribution in [2.75, 3.05) is 32.6 Å². The molecule has 0 bridgehead atoms. The Balaban J connectivity index is 2.91. The first-order valence-electron chi connectivity index (χ1n) is 5.55. The predicted molar refractivity (Wildman–Crippen MR) is 69.1 cm³/mol. The van der Waals surface area contributed by atoms with E-state index in [4.69, 9.17) is 15.2 Å². The van der Waals surface area contributed by atoms with Gasteiger partial charge in [-0.2, -0.15) is 0 Å². The average Bonchev–Trinajstić information content (AvgIpc) is 2.36. The molecule has 18 heavy (non-hydrogen) atoms. The minimum Gasteiger partial charge on any atom is -0.490 e. The molecule has 0 fully saturated rings. The molecular formula is C11H18N2O4S. The fourth-order valence-electron chi connectivity index (χ4n) is 1.32. The van der Waals surface area contributed by atoms with Crippen LogP contribution >= 0.6 is 0 Å². The van der Waals surface area contributed by atoms with Gasteiger partial charge in [-0.25, -0.2) is 13.1 Å². The number of hydrogen-bond donors (Lipinski definition) is 2. The van der Waals surface area contributed by atoms with Gasteiger partial charge in [-0.1, -0.05) is 0 Å². The summed E-state index contributed by atoms with van der Waals surface area (Å²) in [4.78, 5) is 0.0292. The molecule has 0 heterocycles. The molecule has 0 spiro atoms. The summed E-state index contributed by atoms with van der Waals surface area (Å²) < 4.78 is 36.3. The molecule has 0 saturated heterocycles. The Morgan fingerprint density at radius 3 is 2.67 bits per heavy atom. The third-order valence-electron chi connectivity index (χ3n) is 2.22. The number of benzene rings is 1. The molecule has 0 amide bonds. The number of hydrogen-bond acceptors (Lipinski definition) is 5. The number of nitrogen functional groups attached to an aromatic ring is 1. The molecule has 0 aliphatic carbocycles. The van der Waals surface area contributed by atoms with E-state index in [0.29, 0.717) is 18.9 Å². The van der Waals surface area contributed by atoms with E-state index in [9.17, 15) is 8.42 Å². The average molecular weight is 274 g/mol. The molecule has 6 nitrogen and oxygen atoms in total. The van der Waals surface area contributed by atoms with Crippen LogP contribution in [0.25, 0.3) is 0 Å². The summed E-state index contributed by atoms with van der Waals surface area (Å²) >= 11 is 0. The molecule has 0 saturated carbocycles. The van der Waals surface area contributed by atoms with Crippen molar-refractivity contribution in [1.29, 1.82) is 0 Å². The Bertz CT molecular complexity index is 488. The van der Waals surface area contributed by atoms with Gasteiger partial charge in [-0.05, 0) is 32.2 Å². The van der Waals surface area contributed by atoms with Gasteiger partial charge < -0.3 is 15.2 Å². The van der Waals surface area contributed by atoms with Crippen molar-refractivity contribution in [1.82, 2.24) is 4.72 Å². The fraction of sp³-hybridized carbons (Fsp3) is 0.455. The van der Waals surface area contributed by atoms with E-state index in [1.165, 1.54) is 19.2 Å². The van der Waals surface area contributed by atoms with Crippen LogP contribution in [0.1, 0.15) is 6.92 Å². The van der Waals surface area contributed by atoms with Crippen molar-refractivity contribution in [3.8, 4) is 5.75 Å². The minimum atomic E-state index is -3.59. The van der Waals surface area contributed by atoms with Crippen molar-refractivity contribution >= 4 is 15.7 Å². The SMILES string of the molecule is CCOCCOc1ccc(N)cc1S(=O)(=O)NC. The van der Waals surface area contributed by atoms with Gasteiger partial charge in [0.2, 0.25) is 10.0 Å². The molecular weight excluding hydrogens is 256 g/mol. The van der Waals surface area contributed by atoms with Crippen molar-refractivity contribution in [3.05, 3.63) is 18.2 Å². The molecule has 0 aromatic heterocycles. The van der Waals surface area contributed by atoms with E-state index in [0.717, 1.165) is 0 Å². The highest BCUT2D eigenvalue weighted by atomic mass is 32.2. The Kier molecular flexibility index (Phi) is 5.39. The smallest absolute Gasteiger partial charge is 0.244 e. The zero-order valence-electron chi connectivity index (χ0n) is 10.5. The zero-order chi connectivity index (χ0) is 13.6. The molecule has 7 heteroatoms. The van der Waals surface area contributed by atoms with Crippen LogP contribution in [0.15, 0.2) is 23.1 Å². The summed E-state index contributed by atoms with van der Waals surface area (Å²) in [6.07, 6.45) is 0. The maximum absolute atomic E-state index is 11.8. The van der Waals surface area contributed by atoms with E-state index in [-0.39, 0.29) is 17.3 Å². The van der Waals surface area contributed by atoms with Crippen molar-refractivity contribution in [2.45, 2.75) is 11.8 Å². The van der Waals surface area contributed by atoms with Crippen molar-refractivity contribution in [2.24, 2.45) is 0 Å². The van der Waals surface area contributed by atoms with E-state index < -0.39 is 10.0 Å². The van der Waals surface area contributed by atoms with Gasteiger partial charge in [0.1, 0.15) is 17.3 Å². The van der Waals surface area contributed by atoms with Gasteiger partial charge in [-0.15, -0.1) is 0 Å². The standard InChI is InChI=1S/C11H18N2O4S/c1-3-16-6-7-17-10-5-4-9(12)8-11(10)18(14,15)13-2/h4-5,8,13H,3,6-7,12H2,1-2H3. The molecule has 1 aromatic rings. The van der Waals surface area contributed by atoms with Crippen LogP contribution in [-0.2, 0) is 14.8 Å². The Hall–Kier alpha value is -1.31. The molecule has 0 atom stereocenters. The first kappa shape index (κ1) is 14.7. The van der Waals surface area contributed by atoms with Crippen LogP contribution in [0.2, 0.25) is 0 Å². The maximum atomic E-state index is 11.8. The number of anilines is 1. The van der Waals surface area contributed by atoms with Crippen molar-refractivity contribution in [3.63, 3.8) is 0 Å². The highest BCUT2D eigenvalue weighted by Gasteiger charge is 2.18. The van der Waals surface area contributed by atoms with Gasteiger partial charge >= 0.3 is 0 Å². The van der Waals surface area contributed by atoms with Gasteiger partial charge in [0.25, 0.3) is 0 Å². The lowest BCUT2D eigenvalue weighted by Crippen LogP contribution is -2.20. The predicted octanol–water partition coefficient (Wildman–Crippen LogP) is 0.592. The monoisotopic (exact) mass is 274 g/mol. The topological polar surface area (TPSA) is 90.7 Å².